The van der Waals surface area contributed by atoms with E-state index >= 15 is 0 Å². The average Bonchev–Trinajstić information content (AvgIpc) is 2.25. The highest BCUT2D eigenvalue weighted by atomic mass is 16.1. The molecule has 0 atom stereocenters. The number of hydrogen-bond acceptors (Lipinski definition) is 1. The van der Waals surface area contributed by atoms with Crippen molar-refractivity contribution in [2.75, 3.05) is 0 Å². The maximum Gasteiger partial charge on any atom is 0.162 e. The van der Waals surface area contributed by atoms with E-state index in [0.717, 1.165) is 12.0 Å². The van der Waals surface area contributed by atoms with Crippen molar-refractivity contribution in [1.82, 2.24) is 0 Å². The fourth-order valence-corrected chi connectivity index (χ4v) is 1.43. The Labute approximate surface area is 86.1 Å². The van der Waals surface area contributed by atoms with Gasteiger partial charge in [0.05, 0.1) is 0 Å². The Balaban J connectivity index is 2.29. The maximum atomic E-state index is 11.6. The van der Waals surface area contributed by atoms with Gasteiger partial charge in [-0.3, -0.25) is 4.79 Å². The second kappa shape index (κ2) is 6.36. The molecule has 0 aliphatic heterocycles. The summed E-state index contributed by atoms with van der Waals surface area (Å²) in [5.74, 6) is 0.259. The first-order chi connectivity index (χ1) is 6.84. The molecule has 1 aromatic carbocycles. The quantitative estimate of drug-likeness (QED) is 0.493. The van der Waals surface area contributed by atoms with Gasteiger partial charge < -0.3 is 0 Å². The normalized spacial score (nSPS) is 10.1. The van der Waals surface area contributed by atoms with Crippen molar-refractivity contribution < 1.29 is 4.79 Å². The minimum absolute atomic E-state index is 0.259. The van der Waals surface area contributed by atoms with Gasteiger partial charge in [0.15, 0.2) is 5.78 Å². The van der Waals surface area contributed by atoms with Crippen LogP contribution in [0.1, 0.15) is 49.4 Å². The molecule has 1 radical (unpaired) electrons. The van der Waals surface area contributed by atoms with Crippen LogP contribution in [0.25, 0.3) is 0 Å². The fourth-order valence-electron chi connectivity index (χ4n) is 1.43. The second-order valence-electron chi connectivity index (χ2n) is 3.52. The van der Waals surface area contributed by atoms with Gasteiger partial charge in [-0.1, -0.05) is 50.5 Å². The van der Waals surface area contributed by atoms with Crippen LogP contribution in [0.4, 0.5) is 0 Å². The minimum Gasteiger partial charge on any atom is -0.294 e. The van der Waals surface area contributed by atoms with Crippen LogP contribution in [0.2, 0.25) is 0 Å². The molecule has 0 amide bonds. The molecule has 0 unspecified atom stereocenters. The molecule has 1 aromatic rings. The molecule has 0 aliphatic carbocycles. The van der Waals surface area contributed by atoms with Gasteiger partial charge in [-0.05, 0) is 12.5 Å². The van der Waals surface area contributed by atoms with Gasteiger partial charge in [0.2, 0.25) is 0 Å². The number of carbonyl (C=O) groups is 1. The number of carbonyl (C=O) groups excluding carboxylic acids is 1. The standard InChI is InChI=1S/C13H17O/c1-2-3-4-8-11-13(14)12-9-6-5-7-10-12/h6-7,9-10H,2-4,8,11H2,1H3. The zero-order valence-corrected chi connectivity index (χ0v) is 8.75. The topological polar surface area (TPSA) is 17.1 Å². The molecule has 0 aromatic heterocycles. The Kier molecular flexibility index (Phi) is 4.98. The van der Waals surface area contributed by atoms with Crippen molar-refractivity contribution in [2.24, 2.45) is 0 Å². The van der Waals surface area contributed by atoms with Crippen molar-refractivity contribution in [3.63, 3.8) is 0 Å². The summed E-state index contributed by atoms with van der Waals surface area (Å²) in [6, 6.07) is 10.2. The highest BCUT2D eigenvalue weighted by Crippen LogP contribution is 2.08. The lowest BCUT2D eigenvalue weighted by Crippen LogP contribution is -1.98. The number of ketones is 1. The lowest BCUT2D eigenvalue weighted by molar-refractivity contribution is 0.0979. The van der Waals surface area contributed by atoms with Gasteiger partial charge in [-0.2, -0.15) is 0 Å². The van der Waals surface area contributed by atoms with Crippen molar-refractivity contribution >= 4 is 5.78 Å². The SMILES string of the molecule is CCCCCCC(=O)c1cc[c]cc1. The molecule has 0 aliphatic rings. The summed E-state index contributed by atoms with van der Waals surface area (Å²) < 4.78 is 0. The van der Waals surface area contributed by atoms with Crippen LogP contribution in [0, 0.1) is 6.07 Å². The molecule has 0 N–H and O–H groups in total. The van der Waals surface area contributed by atoms with E-state index in [1.54, 1.807) is 12.1 Å². The van der Waals surface area contributed by atoms with Crippen molar-refractivity contribution in [1.29, 1.82) is 0 Å². The van der Waals surface area contributed by atoms with Crippen LogP contribution in [-0.2, 0) is 0 Å². The molecule has 14 heavy (non-hydrogen) atoms. The van der Waals surface area contributed by atoms with Crippen LogP contribution >= 0.6 is 0 Å². The number of benzene rings is 1. The van der Waals surface area contributed by atoms with Crippen molar-refractivity contribution in [3.8, 4) is 0 Å². The Morgan fingerprint density at radius 3 is 2.57 bits per heavy atom. The van der Waals surface area contributed by atoms with E-state index < -0.39 is 0 Å². The van der Waals surface area contributed by atoms with E-state index in [4.69, 9.17) is 0 Å². The lowest BCUT2D eigenvalue weighted by Gasteiger charge is -1.99. The second-order valence-corrected chi connectivity index (χ2v) is 3.52. The summed E-state index contributed by atoms with van der Waals surface area (Å²) in [4.78, 5) is 11.6. The number of hydrogen-bond donors (Lipinski definition) is 0. The van der Waals surface area contributed by atoms with Crippen LogP contribution in [-0.4, -0.2) is 5.78 Å². The molecule has 0 heterocycles. The largest absolute Gasteiger partial charge is 0.294 e. The zero-order chi connectivity index (χ0) is 10.2. The predicted octanol–water partition coefficient (Wildman–Crippen LogP) is 3.64. The molecular weight excluding hydrogens is 172 g/mol. The summed E-state index contributed by atoms with van der Waals surface area (Å²) in [5.41, 5.74) is 0.820. The predicted molar refractivity (Wildman–Crippen MR) is 58.4 cm³/mol. The van der Waals surface area contributed by atoms with Crippen molar-refractivity contribution in [2.45, 2.75) is 39.0 Å². The minimum atomic E-state index is 0.259. The van der Waals surface area contributed by atoms with Crippen LogP contribution in [0.3, 0.4) is 0 Å². The number of Topliss-reactive ketones (excluding diaryl/α,β-unsaturated/α-hetero) is 1. The summed E-state index contributed by atoms with van der Waals surface area (Å²) in [5, 5.41) is 0. The average molecular weight is 189 g/mol. The molecule has 1 nitrogen and oxygen atoms in total. The van der Waals surface area contributed by atoms with E-state index in [-0.39, 0.29) is 5.78 Å². The van der Waals surface area contributed by atoms with Crippen LogP contribution in [0.5, 0.6) is 0 Å². The highest BCUT2D eigenvalue weighted by molar-refractivity contribution is 5.95. The first kappa shape index (κ1) is 11.0. The summed E-state index contributed by atoms with van der Waals surface area (Å²) in [6.45, 7) is 2.18. The molecule has 0 saturated heterocycles. The van der Waals surface area contributed by atoms with Crippen LogP contribution in [0.15, 0.2) is 24.3 Å². The smallest absolute Gasteiger partial charge is 0.162 e. The summed E-state index contributed by atoms with van der Waals surface area (Å²) in [6.07, 6.45) is 5.32. The molecule has 0 fully saturated rings. The fraction of sp³-hybridized carbons (Fsp3) is 0.462. The van der Waals surface area contributed by atoms with Gasteiger partial charge in [-0.15, -0.1) is 0 Å². The summed E-state index contributed by atoms with van der Waals surface area (Å²) in [7, 11) is 0. The third-order valence-electron chi connectivity index (χ3n) is 2.30. The Morgan fingerprint density at radius 2 is 1.93 bits per heavy atom. The monoisotopic (exact) mass is 189 g/mol. The van der Waals surface area contributed by atoms with Crippen molar-refractivity contribution in [3.05, 3.63) is 35.9 Å². The van der Waals surface area contributed by atoms with E-state index in [9.17, 15) is 4.79 Å². The van der Waals surface area contributed by atoms with Gasteiger partial charge in [0.25, 0.3) is 0 Å². The molecule has 1 rings (SSSR count). The van der Waals surface area contributed by atoms with Gasteiger partial charge >= 0.3 is 0 Å². The van der Waals surface area contributed by atoms with E-state index in [2.05, 4.69) is 13.0 Å². The Morgan fingerprint density at radius 1 is 1.21 bits per heavy atom. The summed E-state index contributed by atoms with van der Waals surface area (Å²) >= 11 is 0. The van der Waals surface area contributed by atoms with Crippen LogP contribution < -0.4 is 0 Å². The lowest BCUT2D eigenvalue weighted by atomic mass is 10.0. The first-order valence-corrected chi connectivity index (χ1v) is 5.34. The third kappa shape index (κ3) is 3.73. The van der Waals surface area contributed by atoms with E-state index in [0.29, 0.717) is 6.42 Å². The Hall–Kier alpha value is -1.11. The first-order valence-electron chi connectivity index (χ1n) is 5.34. The number of rotatable bonds is 6. The Bertz CT molecular complexity index is 264. The van der Waals surface area contributed by atoms with Gasteiger partial charge in [-0.25, -0.2) is 0 Å². The van der Waals surface area contributed by atoms with Gasteiger partial charge in [0.1, 0.15) is 0 Å². The molecule has 1 heteroatoms. The maximum absolute atomic E-state index is 11.6. The van der Waals surface area contributed by atoms with E-state index in [1.807, 2.05) is 12.1 Å². The zero-order valence-electron chi connectivity index (χ0n) is 8.75. The van der Waals surface area contributed by atoms with E-state index in [1.165, 1.54) is 19.3 Å². The molecule has 0 saturated carbocycles. The third-order valence-corrected chi connectivity index (χ3v) is 2.30. The highest BCUT2D eigenvalue weighted by Gasteiger charge is 2.03. The molecule has 0 bridgehead atoms. The van der Waals surface area contributed by atoms with Gasteiger partial charge in [0, 0.05) is 12.0 Å². The number of unbranched alkanes of at least 4 members (excludes halogenated alkanes) is 3. The molecular formula is C13H17O. The molecule has 75 valence electrons. The molecule has 0 spiro atoms.